The number of amides is 1. The number of nitrogens with one attached hydrogen (secondary N) is 2. The fourth-order valence-electron chi connectivity index (χ4n) is 4.89. The van der Waals surface area contributed by atoms with Crippen molar-refractivity contribution in [3.05, 3.63) is 47.5 Å². The van der Waals surface area contributed by atoms with E-state index in [-0.39, 0.29) is 17.3 Å². The van der Waals surface area contributed by atoms with E-state index in [2.05, 4.69) is 44.3 Å². The van der Waals surface area contributed by atoms with Crippen molar-refractivity contribution < 1.29 is 13.9 Å². The first-order valence-electron chi connectivity index (χ1n) is 12.2. The summed E-state index contributed by atoms with van der Waals surface area (Å²) in [5, 5.41) is 6.53. The summed E-state index contributed by atoms with van der Waals surface area (Å²) >= 11 is 1.52. The Hall–Kier alpha value is -2.82. The normalized spacial score (nSPS) is 18.3. The van der Waals surface area contributed by atoms with Crippen LogP contribution in [0.15, 0.2) is 35.4 Å². The lowest BCUT2D eigenvalue weighted by atomic mass is 9.86. The van der Waals surface area contributed by atoms with Crippen LogP contribution >= 0.6 is 11.8 Å². The fourth-order valence-corrected chi connectivity index (χ4v) is 5.65. The van der Waals surface area contributed by atoms with E-state index in [4.69, 9.17) is 4.74 Å². The van der Waals surface area contributed by atoms with Crippen LogP contribution in [0.1, 0.15) is 31.5 Å². The molecule has 0 aliphatic carbocycles. The SMILES string of the molecule is COc1ccc2ncc(F)c(CCN3CC[C@@H](C(C)(C)NCc4ccc5c(n4)NC(=O)CS5)C3)c2n1. The highest BCUT2D eigenvalue weighted by Gasteiger charge is 2.35. The third-order valence-electron chi connectivity index (χ3n) is 7.18. The number of nitrogens with zero attached hydrogens (tertiary/aromatic N) is 4. The zero-order valence-corrected chi connectivity index (χ0v) is 21.6. The number of hydrogen-bond donors (Lipinski definition) is 2. The Bertz CT molecular complexity index is 1290. The summed E-state index contributed by atoms with van der Waals surface area (Å²) in [5.41, 5.74) is 2.63. The van der Waals surface area contributed by atoms with Crippen LogP contribution in [0, 0.1) is 11.7 Å². The van der Waals surface area contributed by atoms with Crippen molar-refractivity contribution in [2.24, 2.45) is 5.92 Å². The van der Waals surface area contributed by atoms with E-state index in [1.165, 1.54) is 18.0 Å². The lowest BCUT2D eigenvalue weighted by Gasteiger charge is -2.33. The molecule has 0 spiro atoms. The number of thioether (sulfide) groups is 1. The van der Waals surface area contributed by atoms with Crippen molar-refractivity contribution >= 4 is 34.5 Å². The van der Waals surface area contributed by atoms with E-state index >= 15 is 0 Å². The van der Waals surface area contributed by atoms with Crippen molar-refractivity contribution in [2.75, 3.05) is 37.8 Å². The second kappa shape index (κ2) is 10.3. The lowest BCUT2D eigenvalue weighted by molar-refractivity contribution is -0.113. The number of fused-ring (bicyclic) bond motifs is 2. The smallest absolute Gasteiger partial charge is 0.235 e. The maximum atomic E-state index is 14.7. The van der Waals surface area contributed by atoms with Crippen LogP contribution in [0.2, 0.25) is 0 Å². The largest absolute Gasteiger partial charge is 0.481 e. The average molecular weight is 511 g/mol. The van der Waals surface area contributed by atoms with E-state index in [1.54, 1.807) is 13.2 Å². The topological polar surface area (TPSA) is 92.3 Å². The van der Waals surface area contributed by atoms with Gasteiger partial charge >= 0.3 is 0 Å². The van der Waals surface area contributed by atoms with Gasteiger partial charge in [0.2, 0.25) is 11.8 Å². The maximum Gasteiger partial charge on any atom is 0.235 e. The van der Waals surface area contributed by atoms with Gasteiger partial charge in [0.15, 0.2) is 0 Å². The van der Waals surface area contributed by atoms with Gasteiger partial charge in [-0.1, -0.05) is 0 Å². The molecule has 3 aromatic heterocycles. The molecule has 1 saturated heterocycles. The number of hydrogen-bond acceptors (Lipinski definition) is 8. The van der Waals surface area contributed by atoms with Crippen molar-refractivity contribution in [1.82, 2.24) is 25.2 Å². The van der Waals surface area contributed by atoms with Crippen LogP contribution in [-0.4, -0.2) is 63.8 Å². The molecular weight excluding hydrogens is 479 g/mol. The van der Waals surface area contributed by atoms with Gasteiger partial charge in [-0.25, -0.2) is 14.4 Å². The van der Waals surface area contributed by atoms with Gasteiger partial charge in [0.1, 0.15) is 11.6 Å². The predicted octanol–water partition coefficient (Wildman–Crippen LogP) is 3.65. The number of aromatic nitrogens is 3. The van der Waals surface area contributed by atoms with Crippen LogP contribution in [-0.2, 0) is 17.8 Å². The molecule has 8 nitrogen and oxygen atoms in total. The molecule has 36 heavy (non-hydrogen) atoms. The summed E-state index contributed by atoms with van der Waals surface area (Å²) in [4.78, 5) is 28.4. The summed E-state index contributed by atoms with van der Waals surface area (Å²) < 4.78 is 19.9. The van der Waals surface area contributed by atoms with E-state index in [0.717, 1.165) is 36.6 Å². The molecular formula is C26H31FN6O2S. The molecule has 1 fully saturated rings. The molecule has 0 unspecified atom stereocenters. The van der Waals surface area contributed by atoms with Crippen molar-refractivity contribution in [3.8, 4) is 5.88 Å². The van der Waals surface area contributed by atoms with Gasteiger partial charge in [0.05, 0.1) is 40.7 Å². The van der Waals surface area contributed by atoms with E-state index in [1.807, 2.05) is 18.2 Å². The number of likely N-dealkylation sites (tertiary alicyclic amines) is 1. The second-order valence-electron chi connectivity index (χ2n) is 9.90. The summed E-state index contributed by atoms with van der Waals surface area (Å²) in [6.45, 7) is 7.74. The van der Waals surface area contributed by atoms with Gasteiger partial charge < -0.3 is 20.3 Å². The number of halogens is 1. The van der Waals surface area contributed by atoms with Gasteiger partial charge in [-0.2, -0.15) is 0 Å². The molecule has 3 aromatic rings. The third kappa shape index (κ3) is 5.30. The first-order chi connectivity index (χ1) is 17.3. The predicted molar refractivity (Wildman–Crippen MR) is 139 cm³/mol. The van der Waals surface area contributed by atoms with Gasteiger partial charge in [-0.05, 0) is 57.4 Å². The zero-order chi connectivity index (χ0) is 25.3. The monoisotopic (exact) mass is 510 g/mol. The molecule has 0 radical (unpaired) electrons. The number of carbonyl (C=O) groups excluding carboxylic acids is 1. The Balaban J connectivity index is 1.19. The first-order valence-corrected chi connectivity index (χ1v) is 13.2. The minimum absolute atomic E-state index is 0.00829. The second-order valence-corrected chi connectivity index (χ2v) is 10.9. The molecule has 190 valence electrons. The van der Waals surface area contributed by atoms with Gasteiger partial charge in [-0.3, -0.25) is 9.78 Å². The number of ether oxygens (including phenoxy) is 1. The number of anilines is 1. The molecule has 0 bridgehead atoms. The Labute approximate surface area is 214 Å². The van der Waals surface area contributed by atoms with Gasteiger partial charge in [0, 0.05) is 36.8 Å². The molecule has 5 rings (SSSR count). The average Bonchev–Trinajstić information content (AvgIpc) is 3.36. The van der Waals surface area contributed by atoms with Crippen LogP contribution in [0.3, 0.4) is 0 Å². The van der Waals surface area contributed by atoms with E-state index in [0.29, 0.717) is 52.9 Å². The lowest BCUT2D eigenvalue weighted by Crippen LogP contribution is -2.47. The quantitative estimate of drug-likeness (QED) is 0.475. The standard InChI is InChI=1S/C26H31FN6O2S/c1-26(2,29-12-17-4-6-21-25(30-17)31-22(34)15-36-21)16-8-10-33(14-16)11-9-18-19(27)13-28-20-5-7-23(35-3)32-24(18)20/h4-7,13,16,29H,8-12,14-15H2,1-3H3,(H,30,31,34)/t16-/m1/s1. The van der Waals surface area contributed by atoms with Crippen LogP contribution in [0.5, 0.6) is 5.88 Å². The minimum atomic E-state index is -0.326. The maximum absolute atomic E-state index is 14.7. The third-order valence-corrected chi connectivity index (χ3v) is 8.22. The van der Waals surface area contributed by atoms with Crippen LogP contribution < -0.4 is 15.4 Å². The summed E-state index contributed by atoms with van der Waals surface area (Å²) in [6, 6.07) is 7.60. The molecule has 2 N–H and O–H groups in total. The molecule has 10 heteroatoms. The van der Waals surface area contributed by atoms with E-state index < -0.39 is 0 Å². The summed E-state index contributed by atoms with van der Waals surface area (Å²) in [5.74, 6) is 1.66. The highest BCUT2D eigenvalue weighted by atomic mass is 32.2. The number of pyridine rings is 3. The van der Waals surface area contributed by atoms with Crippen LogP contribution in [0.4, 0.5) is 10.2 Å². The van der Waals surface area contributed by atoms with Crippen molar-refractivity contribution in [1.29, 1.82) is 0 Å². The van der Waals surface area contributed by atoms with Gasteiger partial charge in [0.25, 0.3) is 0 Å². The number of carbonyl (C=O) groups is 1. The Morgan fingerprint density at radius 1 is 1.28 bits per heavy atom. The summed E-state index contributed by atoms with van der Waals surface area (Å²) in [7, 11) is 1.55. The Morgan fingerprint density at radius 2 is 2.14 bits per heavy atom. The molecule has 5 heterocycles. The first kappa shape index (κ1) is 24.9. The van der Waals surface area contributed by atoms with Gasteiger partial charge in [-0.15, -0.1) is 11.8 Å². The van der Waals surface area contributed by atoms with Crippen molar-refractivity contribution in [2.45, 2.75) is 43.7 Å². The number of rotatable bonds is 8. The fraction of sp³-hybridized carbons (Fsp3) is 0.462. The number of methoxy groups -OCH3 is 1. The molecule has 1 amide bonds. The summed E-state index contributed by atoms with van der Waals surface area (Å²) in [6.07, 6.45) is 2.91. The minimum Gasteiger partial charge on any atom is -0.481 e. The molecule has 2 aliphatic heterocycles. The molecule has 0 aromatic carbocycles. The Kier molecular flexibility index (Phi) is 7.09. The van der Waals surface area contributed by atoms with Crippen molar-refractivity contribution in [3.63, 3.8) is 0 Å². The Morgan fingerprint density at radius 3 is 2.97 bits per heavy atom. The molecule has 0 saturated carbocycles. The molecule has 1 atom stereocenters. The van der Waals surface area contributed by atoms with E-state index in [9.17, 15) is 9.18 Å². The van der Waals surface area contributed by atoms with Crippen LogP contribution in [0.25, 0.3) is 11.0 Å². The highest BCUT2D eigenvalue weighted by Crippen LogP contribution is 2.31. The highest BCUT2D eigenvalue weighted by molar-refractivity contribution is 8.00. The molecule has 2 aliphatic rings. The zero-order valence-electron chi connectivity index (χ0n) is 20.8.